The number of hydrogen-bond donors (Lipinski definition) is 0. The summed E-state index contributed by atoms with van der Waals surface area (Å²) in [7, 11) is 16.8. The lowest BCUT2D eigenvalue weighted by atomic mass is 9.80. The van der Waals surface area contributed by atoms with Gasteiger partial charge in [0.25, 0.3) is 0 Å². The van der Waals surface area contributed by atoms with Gasteiger partial charge in [0.1, 0.15) is 51.0 Å². The van der Waals surface area contributed by atoms with E-state index in [1.54, 1.807) is 11.1 Å². The van der Waals surface area contributed by atoms with Crippen LogP contribution in [0.1, 0.15) is 131 Å². The Morgan fingerprint density at radius 3 is 1.10 bits per heavy atom. The number of hydrogen-bond acceptors (Lipinski definition) is 4. The van der Waals surface area contributed by atoms with Crippen LogP contribution in [-0.2, 0) is 56.4 Å². The monoisotopic (exact) mass is 1240 g/mol. The van der Waals surface area contributed by atoms with Crippen molar-refractivity contribution in [3.05, 3.63) is 218 Å². The Morgan fingerprint density at radius 2 is 0.720 bits per heavy atom. The molecule has 474 valence electrons. The Labute approximate surface area is 546 Å². The molecule has 0 saturated heterocycles. The van der Waals surface area contributed by atoms with Crippen LogP contribution >= 0.6 is 0 Å². The number of rotatable bonds is 10. The lowest BCUT2D eigenvalue weighted by Crippen LogP contribution is -2.33. The quantitative estimate of drug-likeness (QED) is 0.127. The van der Waals surface area contributed by atoms with Crippen LogP contribution in [0.25, 0.3) is 90.9 Å². The van der Waals surface area contributed by atoms with E-state index < -0.39 is 0 Å². The second-order valence-electron chi connectivity index (χ2n) is 26.4. The molecule has 0 bridgehead atoms. The molecule has 16 rings (SSSR count). The number of imidazole rings is 8. The summed E-state index contributed by atoms with van der Waals surface area (Å²) < 4.78 is 25.8. The predicted molar refractivity (Wildman–Crippen MR) is 369 cm³/mol. The van der Waals surface area contributed by atoms with Crippen LogP contribution in [0.5, 0.6) is 0 Å². The molecule has 0 N–H and O–H groups in total. The Kier molecular flexibility index (Phi) is 17.5. The maximum atomic E-state index is 4.47. The van der Waals surface area contributed by atoms with Gasteiger partial charge in [-0.2, -0.15) is 18.3 Å². The van der Waals surface area contributed by atoms with E-state index in [-0.39, 0.29) is 0 Å². The summed E-state index contributed by atoms with van der Waals surface area (Å²) in [5.74, 6) is 6.43. The first kappa shape index (κ1) is 61.9. The van der Waals surface area contributed by atoms with Crippen molar-refractivity contribution in [1.82, 2.24) is 55.8 Å². The topological polar surface area (TPSA) is 104 Å². The third-order valence-corrected chi connectivity index (χ3v) is 19.6. The van der Waals surface area contributed by atoms with Crippen LogP contribution in [0, 0.1) is 0 Å². The normalized spacial score (nSPS) is 13.7. The van der Waals surface area contributed by atoms with Crippen LogP contribution in [0.4, 0.5) is 0 Å². The Balaban J connectivity index is 0.000000113. The molecule has 0 aliphatic heterocycles. The molecule has 2 saturated carbocycles. The third-order valence-electron chi connectivity index (χ3n) is 19.6. The van der Waals surface area contributed by atoms with Gasteiger partial charge in [-0.05, 0) is 83.2 Å². The average Bonchev–Trinajstić information content (AvgIpc) is 1.72. The van der Waals surface area contributed by atoms with Crippen LogP contribution in [0.15, 0.2) is 196 Å². The van der Waals surface area contributed by atoms with Gasteiger partial charge in [0.2, 0.25) is 45.9 Å². The van der Waals surface area contributed by atoms with Gasteiger partial charge < -0.3 is 18.3 Å². The summed E-state index contributed by atoms with van der Waals surface area (Å²) in [6.45, 7) is 9.25. The molecule has 0 radical (unpaired) electrons. The smallest absolute Gasteiger partial charge is 0.231 e. The molecule has 16 heteroatoms. The summed E-state index contributed by atoms with van der Waals surface area (Å²) in [5, 5.41) is 0. The maximum absolute atomic E-state index is 4.47. The fraction of sp³-hybridized carbons (Fsp3) is 0.325. The van der Waals surface area contributed by atoms with Gasteiger partial charge in [-0.3, -0.25) is 17.6 Å². The minimum absolute atomic E-state index is 0.558. The zero-order chi connectivity index (χ0) is 64.6. The Bertz CT molecular complexity index is 4900. The van der Waals surface area contributed by atoms with Gasteiger partial charge >= 0.3 is 0 Å². The molecule has 2 aliphatic carbocycles. The fourth-order valence-electron chi connectivity index (χ4n) is 14.4. The summed E-state index contributed by atoms with van der Waals surface area (Å²) >= 11 is 0. The highest BCUT2D eigenvalue weighted by atomic mass is 15.2. The average molecular weight is 1240 g/mol. The third kappa shape index (κ3) is 12.3. The molecule has 12 heterocycles. The highest BCUT2D eigenvalue weighted by Crippen LogP contribution is 2.40. The number of aryl methyl sites for hydroxylation is 8. The number of aromatic nitrogens is 16. The van der Waals surface area contributed by atoms with Crippen LogP contribution in [0.3, 0.4) is 0 Å². The summed E-state index contributed by atoms with van der Waals surface area (Å²) in [6, 6.07) is 34.5. The molecule has 2 aliphatic rings. The molecule has 16 nitrogen and oxygen atoms in total. The van der Waals surface area contributed by atoms with Crippen molar-refractivity contribution in [3.63, 3.8) is 0 Å². The minimum atomic E-state index is 0.558. The molecule has 0 spiro atoms. The molecule has 0 unspecified atom stereocenters. The molecule has 12 aromatic heterocycles. The first-order valence-corrected chi connectivity index (χ1v) is 33.2. The fourth-order valence-corrected chi connectivity index (χ4v) is 14.4. The van der Waals surface area contributed by atoms with E-state index in [2.05, 4.69) is 270 Å². The highest BCUT2D eigenvalue weighted by molar-refractivity contribution is 5.69. The largest absolute Gasteiger partial charge is 0.308 e. The van der Waals surface area contributed by atoms with Crippen molar-refractivity contribution in [2.24, 2.45) is 56.4 Å². The molecule has 2 fully saturated rings. The first-order valence-electron chi connectivity index (χ1n) is 33.2. The van der Waals surface area contributed by atoms with Crippen molar-refractivity contribution in [2.45, 2.75) is 109 Å². The molecular weight excluding hydrogens is 1150 g/mol. The predicted octanol–water partition coefficient (Wildman–Crippen LogP) is 13.9. The molecular formula is C77H90N16+4. The number of fused-ring (bicyclic) bond motifs is 4. The van der Waals surface area contributed by atoms with E-state index >= 15 is 0 Å². The molecule has 14 aromatic rings. The zero-order valence-electron chi connectivity index (χ0n) is 56.3. The lowest BCUT2D eigenvalue weighted by Gasteiger charge is -2.25. The molecule has 2 aromatic carbocycles. The number of pyridine rings is 4. The second kappa shape index (κ2) is 26.3. The van der Waals surface area contributed by atoms with Gasteiger partial charge in [0.05, 0.1) is 0 Å². The summed E-state index contributed by atoms with van der Waals surface area (Å²) in [5.41, 5.74) is 20.6. The zero-order valence-corrected chi connectivity index (χ0v) is 56.3. The van der Waals surface area contributed by atoms with Crippen molar-refractivity contribution >= 4 is 23.1 Å². The molecule has 93 heavy (non-hydrogen) atoms. The van der Waals surface area contributed by atoms with E-state index in [1.165, 1.54) is 114 Å². The Hall–Kier alpha value is -9.96. The van der Waals surface area contributed by atoms with Gasteiger partial charge in [0, 0.05) is 150 Å². The Morgan fingerprint density at radius 1 is 0.366 bits per heavy atom. The van der Waals surface area contributed by atoms with Gasteiger partial charge in [-0.25, -0.2) is 19.9 Å². The molecule has 0 amide bonds. The van der Waals surface area contributed by atoms with Gasteiger partial charge in [-0.1, -0.05) is 120 Å². The summed E-state index contributed by atoms with van der Waals surface area (Å²) in [6.07, 6.45) is 45.1. The van der Waals surface area contributed by atoms with E-state index in [0.29, 0.717) is 11.8 Å². The van der Waals surface area contributed by atoms with Crippen molar-refractivity contribution < 1.29 is 18.3 Å². The van der Waals surface area contributed by atoms with Gasteiger partial charge in [0.15, 0.2) is 24.8 Å². The van der Waals surface area contributed by atoms with Crippen LogP contribution < -0.4 is 18.3 Å². The minimum Gasteiger partial charge on any atom is -0.308 e. The van der Waals surface area contributed by atoms with E-state index in [9.17, 15) is 0 Å². The maximum Gasteiger partial charge on any atom is 0.231 e. The second-order valence-corrected chi connectivity index (χ2v) is 26.4. The highest BCUT2D eigenvalue weighted by Gasteiger charge is 2.29. The van der Waals surface area contributed by atoms with Crippen molar-refractivity contribution in [3.8, 4) is 67.8 Å². The lowest BCUT2D eigenvalue weighted by molar-refractivity contribution is -0.661. The van der Waals surface area contributed by atoms with E-state index in [4.69, 9.17) is 0 Å². The van der Waals surface area contributed by atoms with Gasteiger partial charge in [-0.15, -0.1) is 0 Å². The number of benzene rings is 2. The SMILES string of the molecule is CC(C)c1c[n+](C)c(-c2cn3ccnc3n2C)cc1C1CCCC1.CC(C)c1c[n+](C)c(-c2cn3ccnc3n2C)cc1C1CCCCC1.Cn1c(-c2cc(-c3ccccc3)cc[n+]2C)cn2ccnc12.Cn1c(-c2ccc(-c3ccccc3)c[n+]2C)cn2ccnc12. The van der Waals surface area contributed by atoms with Crippen molar-refractivity contribution in [1.29, 1.82) is 0 Å². The number of nitrogens with zero attached hydrogens (tertiary/aromatic N) is 16. The van der Waals surface area contributed by atoms with Crippen LogP contribution in [0.2, 0.25) is 0 Å². The first-order chi connectivity index (χ1) is 45.1. The van der Waals surface area contributed by atoms with E-state index in [0.717, 1.165) is 57.7 Å². The molecule has 0 atom stereocenters. The van der Waals surface area contributed by atoms with Crippen LogP contribution in [-0.4, -0.2) is 55.8 Å². The van der Waals surface area contributed by atoms with E-state index in [1.807, 2.05) is 84.6 Å². The summed E-state index contributed by atoms with van der Waals surface area (Å²) in [4.78, 5) is 17.7. The van der Waals surface area contributed by atoms with Crippen molar-refractivity contribution in [2.75, 3.05) is 0 Å². The standard InChI is InChI=1S/C21H29N4.C20H27N4.2C18H17N4/c1-15(2)18-13-23(3)19(12-17(18)16-8-6-5-7-9-16)20-14-25-11-10-22-21(25)24(20)4;1-14(2)17-12-22(3)18(11-16(17)15-7-5-6-8-15)19-13-24-10-9-21-20(24)23(19)4;1-20-10-8-15(14-6-4-3-5-7-14)12-16(20)17-13-22-11-9-19-18(22)21(17)2;1-20-12-15(14-6-4-3-5-7-14)8-9-16(20)17-13-22-11-10-19-18(22)21(17)2/h10-16H,5-9H2,1-4H3;9-15H,5-8H2,1-4H3;2*3-13H,1-2H3/q4*+1.